The summed E-state index contributed by atoms with van der Waals surface area (Å²) < 4.78 is 36.7. The molecule has 0 heterocycles. The van der Waals surface area contributed by atoms with Crippen LogP contribution in [0.15, 0.2) is 0 Å². The summed E-state index contributed by atoms with van der Waals surface area (Å²) in [6.07, 6.45) is 39.8. The molecule has 0 saturated carbocycles. The summed E-state index contributed by atoms with van der Waals surface area (Å²) in [4.78, 5) is 27.4. The van der Waals surface area contributed by atoms with Crippen LogP contribution in [0.1, 0.15) is 239 Å². The van der Waals surface area contributed by atoms with E-state index < -0.39 is 10.0 Å². The van der Waals surface area contributed by atoms with Gasteiger partial charge in [0.25, 0.3) is 0 Å². The first-order valence-corrected chi connectivity index (χ1v) is 26.0. The summed E-state index contributed by atoms with van der Waals surface area (Å²) in [5.41, 5.74) is 0. The van der Waals surface area contributed by atoms with Crippen molar-refractivity contribution in [3.63, 3.8) is 0 Å². The third-order valence-corrected chi connectivity index (χ3v) is 12.6. The average molecular weight is 815 g/mol. The van der Waals surface area contributed by atoms with Crippen molar-refractivity contribution in [2.45, 2.75) is 245 Å². The molecule has 56 heavy (non-hydrogen) atoms. The van der Waals surface area contributed by atoms with Crippen LogP contribution >= 0.6 is 0 Å². The van der Waals surface area contributed by atoms with E-state index >= 15 is 0 Å². The quantitative estimate of drug-likeness (QED) is 0.0447. The summed E-state index contributed by atoms with van der Waals surface area (Å²) in [6, 6.07) is 0. The monoisotopic (exact) mass is 815 g/mol. The molecular weight excluding hydrogens is 721 g/mol. The molecule has 0 aliphatic rings. The molecule has 334 valence electrons. The number of nitrogens with zero attached hydrogens (tertiary/aromatic N) is 2. The first-order valence-electron chi connectivity index (χ1n) is 24.1. The van der Waals surface area contributed by atoms with Crippen LogP contribution in [0.4, 0.5) is 0 Å². The smallest absolute Gasteiger partial charge is 0.306 e. The van der Waals surface area contributed by atoms with Crippen LogP contribution in [-0.2, 0) is 29.1 Å². The number of unbranched alkanes of at least 4 members (excludes halogenated alkanes) is 24. The lowest BCUT2D eigenvalue weighted by Crippen LogP contribution is -2.32. The second-order valence-corrected chi connectivity index (χ2v) is 19.0. The highest BCUT2D eigenvalue weighted by Gasteiger charge is 2.15. The predicted molar refractivity (Wildman–Crippen MR) is 239 cm³/mol. The maximum atomic E-state index is 12.8. The molecule has 8 nitrogen and oxygen atoms in total. The Labute approximate surface area is 348 Å². The van der Waals surface area contributed by atoms with Gasteiger partial charge in [-0.15, -0.1) is 0 Å². The Morgan fingerprint density at radius 3 is 1.30 bits per heavy atom. The Morgan fingerprint density at radius 1 is 0.464 bits per heavy atom. The number of hydrogen-bond acceptors (Lipinski definition) is 7. The summed E-state index contributed by atoms with van der Waals surface area (Å²) >= 11 is 0. The van der Waals surface area contributed by atoms with Crippen molar-refractivity contribution >= 4 is 22.0 Å². The summed E-state index contributed by atoms with van der Waals surface area (Å²) in [7, 11) is -1.50. The zero-order valence-electron chi connectivity index (χ0n) is 37.9. The minimum Gasteiger partial charge on any atom is -0.466 e. The van der Waals surface area contributed by atoms with E-state index in [1.807, 2.05) is 0 Å². The topological polar surface area (TPSA) is 93.2 Å². The van der Waals surface area contributed by atoms with Crippen molar-refractivity contribution in [2.24, 2.45) is 0 Å². The Morgan fingerprint density at radius 2 is 0.839 bits per heavy atom. The Balaban J connectivity index is 4.39. The SMILES string of the molecule is CCCCCCCCCOC(=O)CCCCCCCN(CCCCCCCC(=O)OC(CCCCCCCC)CCCCCCCC)CCCN(C)S(C)(=O)=O. The van der Waals surface area contributed by atoms with Crippen LogP contribution < -0.4 is 0 Å². The first-order chi connectivity index (χ1) is 27.1. The van der Waals surface area contributed by atoms with Gasteiger partial charge in [0, 0.05) is 26.4 Å². The minimum atomic E-state index is -3.16. The van der Waals surface area contributed by atoms with Crippen molar-refractivity contribution in [1.82, 2.24) is 9.21 Å². The zero-order chi connectivity index (χ0) is 41.4. The number of sulfonamides is 1. The van der Waals surface area contributed by atoms with Crippen LogP contribution in [0.3, 0.4) is 0 Å². The van der Waals surface area contributed by atoms with E-state index in [-0.39, 0.29) is 18.0 Å². The van der Waals surface area contributed by atoms with Gasteiger partial charge in [0.15, 0.2) is 0 Å². The van der Waals surface area contributed by atoms with E-state index in [1.54, 1.807) is 7.05 Å². The molecule has 0 aliphatic carbocycles. The fourth-order valence-corrected chi connectivity index (χ4v) is 7.88. The fourth-order valence-electron chi connectivity index (χ4n) is 7.42. The van der Waals surface area contributed by atoms with E-state index in [0.717, 1.165) is 116 Å². The summed E-state index contributed by atoms with van der Waals surface area (Å²) in [6.45, 7) is 10.8. The number of ether oxygens (including phenoxy) is 2. The van der Waals surface area contributed by atoms with Crippen LogP contribution in [0.5, 0.6) is 0 Å². The average Bonchev–Trinajstić information content (AvgIpc) is 3.16. The molecule has 0 radical (unpaired) electrons. The van der Waals surface area contributed by atoms with Crippen molar-refractivity contribution < 1.29 is 27.5 Å². The summed E-state index contributed by atoms with van der Waals surface area (Å²) in [5, 5.41) is 0. The van der Waals surface area contributed by atoms with Gasteiger partial charge in [-0.05, 0) is 83.8 Å². The van der Waals surface area contributed by atoms with Crippen molar-refractivity contribution in [3.05, 3.63) is 0 Å². The maximum absolute atomic E-state index is 12.8. The largest absolute Gasteiger partial charge is 0.466 e. The first kappa shape index (κ1) is 54.8. The third kappa shape index (κ3) is 38.3. The molecule has 9 heteroatoms. The Kier molecular flexibility index (Phi) is 39.7. The van der Waals surface area contributed by atoms with E-state index in [0.29, 0.717) is 26.0 Å². The molecule has 0 aromatic heterocycles. The fraction of sp³-hybridized carbons (Fsp3) is 0.957. The molecular formula is C47H94N2O6S. The number of carbonyl (C=O) groups is 2. The van der Waals surface area contributed by atoms with Gasteiger partial charge in [-0.1, -0.05) is 162 Å². The highest BCUT2D eigenvalue weighted by Crippen LogP contribution is 2.19. The standard InChI is InChI=1S/C47H94N2O6S/c1-6-9-12-15-18-27-34-44-54-46(50)38-30-23-19-25-32-41-49(43-35-40-48(4)56(5,52)53)42-33-26-20-24-31-39-47(51)55-45(36-28-21-16-13-10-7-2)37-29-22-17-14-11-8-3/h45H,6-44H2,1-5H3. The molecule has 0 atom stereocenters. The molecule has 0 bridgehead atoms. The molecule has 0 N–H and O–H groups in total. The van der Waals surface area contributed by atoms with Crippen LogP contribution in [0, 0.1) is 0 Å². The van der Waals surface area contributed by atoms with Gasteiger partial charge in [-0.3, -0.25) is 9.59 Å². The lowest BCUT2D eigenvalue weighted by Gasteiger charge is -2.23. The highest BCUT2D eigenvalue weighted by molar-refractivity contribution is 7.88. The molecule has 0 unspecified atom stereocenters. The highest BCUT2D eigenvalue weighted by atomic mass is 32.2. The summed E-state index contributed by atoms with van der Waals surface area (Å²) in [5.74, 6) is -0.0525. The molecule has 0 amide bonds. The molecule has 0 aromatic rings. The van der Waals surface area contributed by atoms with Gasteiger partial charge in [-0.25, -0.2) is 12.7 Å². The van der Waals surface area contributed by atoms with Gasteiger partial charge >= 0.3 is 11.9 Å². The van der Waals surface area contributed by atoms with Crippen LogP contribution in [0.2, 0.25) is 0 Å². The molecule has 0 spiro atoms. The third-order valence-electron chi connectivity index (χ3n) is 11.3. The van der Waals surface area contributed by atoms with Gasteiger partial charge in [0.1, 0.15) is 6.10 Å². The second-order valence-electron chi connectivity index (χ2n) is 16.9. The number of esters is 2. The number of rotatable bonds is 44. The molecule has 0 aliphatic heterocycles. The van der Waals surface area contributed by atoms with Crippen molar-refractivity contribution in [3.8, 4) is 0 Å². The number of hydrogen-bond donors (Lipinski definition) is 0. The lowest BCUT2D eigenvalue weighted by atomic mass is 10.0. The zero-order valence-corrected chi connectivity index (χ0v) is 38.7. The predicted octanol–water partition coefficient (Wildman–Crippen LogP) is 13.0. The number of carbonyl (C=O) groups excluding carboxylic acids is 2. The van der Waals surface area contributed by atoms with Gasteiger partial charge in [-0.2, -0.15) is 0 Å². The normalized spacial score (nSPS) is 12.0. The van der Waals surface area contributed by atoms with Gasteiger partial charge in [0.2, 0.25) is 10.0 Å². The maximum Gasteiger partial charge on any atom is 0.306 e. The van der Waals surface area contributed by atoms with E-state index in [1.165, 1.54) is 120 Å². The van der Waals surface area contributed by atoms with Crippen molar-refractivity contribution in [2.75, 3.05) is 46.1 Å². The molecule has 0 saturated heterocycles. The van der Waals surface area contributed by atoms with E-state index in [9.17, 15) is 18.0 Å². The Hall–Kier alpha value is -1.19. The molecule has 0 fully saturated rings. The lowest BCUT2D eigenvalue weighted by molar-refractivity contribution is -0.150. The molecule has 0 aromatic carbocycles. The Bertz CT molecular complexity index is 962. The molecule has 0 rings (SSSR count). The van der Waals surface area contributed by atoms with E-state index in [4.69, 9.17) is 9.47 Å². The second kappa shape index (κ2) is 40.6. The van der Waals surface area contributed by atoms with Crippen LogP contribution in [-0.4, -0.2) is 81.8 Å². The van der Waals surface area contributed by atoms with E-state index in [2.05, 4.69) is 25.7 Å². The van der Waals surface area contributed by atoms with Crippen molar-refractivity contribution in [1.29, 1.82) is 0 Å². The minimum absolute atomic E-state index is 0.00376. The van der Waals surface area contributed by atoms with Gasteiger partial charge < -0.3 is 14.4 Å². The van der Waals surface area contributed by atoms with Crippen LogP contribution in [0.25, 0.3) is 0 Å². The van der Waals surface area contributed by atoms with Gasteiger partial charge in [0.05, 0.1) is 12.9 Å².